The van der Waals surface area contributed by atoms with Crippen LogP contribution in [0.25, 0.3) is 0 Å². The average molecular weight is 295 g/mol. The molecule has 0 amide bonds. The monoisotopic (exact) mass is 295 g/mol. The van der Waals surface area contributed by atoms with Gasteiger partial charge in [-0.2, -0.15) is 0 Å². The van der Waals surface area contributed by atoms with Gasteiger partial charge in [0.1, 0.15) is 13.1 Å². The number of hydrogen-bond donors (Lipinski definition) is 0. The van der Waals surface area contributed by atoms with Crippen LogP contribution in [0, 0.1) is 0 Å². The standard InChI is InChI=1S/C11H26NO3.C2H4O3/c1-5-14-8-6-12(2,3)7-9-15-11-10-13-4;1-5-2(3)4/h5-11H2,1-4H3;1H3,(H,3,4)/q+1;/p-1. The summed E-state index contributed by atoms with van der Waals surface area (Å²) < 4.78 is 20.2. The zero-order valence-electron chi connectivity index (χ0n) is 13.3. The summed E-state index contributed by atoms with van der Waals surface area (Å²) in [5.74, 6) is 0. The lowest BCUT2D eigenvalue weighted by molar-refractivity contribution is -0.891. The Morgan fingerprint density at radius 2 is 1.50 bits per heavy atom. The van der Waals surface area contributed by atoms with E-state index in [0.29, 0.717) is 13.2 Å². The van der Waals surface area contributed by atoms with Crippen molar-refractivity contribution in [2.75, 3.05) is 74.4 Å². The third-order valence-corrected chi connectivity index (χ3v) is 2.48. The molecule has 7 nitrogen and oxygen atoms in total. The Hall–Kier alpha value is -0.890. The summed E-state index contributed by atoms with van der Waals surface area (Å²) in [6.07, 6.45) is -1.50. The highest BCUT2D eigenvalue weighted by molar-refractivity contribution is 5.53. The Kier molecular flexibility index (Phi) is 15.5. The van der Waals surface area contributed by atoms with Crippen LogP contribution >= 0.6 is 0 Å². The first-order valence-corrected chi connectivity index (χ1v) is 6.61. The van der Waals surface area contributed by atoms with Gasteiger partial charge in [0.15, 0.2) is 0 Å². The van der Waals surface area contributed by atoms with E-state index in [2.05, 4.69) is 18.8 Å². The van der Waals surface area contributed by atoms with E-state index in [4.69, 9.17) is 24.1 Å². The van der Waals surface area contributed by atoms with Crippen LogP contribution < -0.4 is 5.11 Å². The van der Waals surface area contributed by atoms with Crippen molar-refractivity contribution in [2.24, 2.45) is 0 Å². The fourth-order valence-electron chi connectivity index (χ4n) is 1.12. The van der Waals surface area contributed by atoms with Crippen molar-refractivity contribution in [3.05, 3.63) is 0 Å². The predicted octanol–water partition coefficient (Wildman–Crippen LogP) is -0.262. The van der Waals surface area contributed by atoms with Crippen LogP contribution in [0.4, 0.5) is 4.79 Å². The molecular weight excluding hydrogens is 266 g/mol. The van der Waals surface area contributed by atoms with Gasteiger partial charge in [-0.1, -0.05) is 0 Å². The van der Waals surface area contributed by atoms with Gasteiger partial charge in [-0.25, -0.2) is 0 Å². The Balaban J connectivity index is 0. The van der Waals surface area contributed by atoms with Crippen LogP contribution in [0.15, 0.2) is 0 Å². The van der Waals surface area contributed by atoms with E-state index in [1.807, 2.05) is 6.92 Å². The van der Waals surface area contributed by atoms with Gasteiger partial charge in [-0.15, -0.1) is 0 Å². The van der Waals surface area contributed by atoms with Gasteiger partial charge in [-0.05, 0) is 6.92 Å². The number of quaternary nitrogens is 1. The van der Waals surface area contributed by atoms with E-state index in [9.17, 15) is 0 Å². The summed E-state index contributed by atoms with van der Waals surface area (Å²) in [6.45, 7) is 7.81. The minimum atomic E-state index is -1.50. The van der Waals surface area contributed by atoms with Crippen LogP contribution in [0.2, 0.25) is 0 Å². The largest absolute Gasteiger partial charge is 0.553 e. The van der Waals surface area contributed by atoms with Gasteiger partial charge >= 0.3 is 0 Å². The Morgan fingerprint density at radius 1 is 1.00 bits per heavy atom. The molecule has 0 bridgehead atoms. The molecule has 0 radical (unpaired) electrons. The maximum Gasteiger partial charge on any atom is 0.251 e. The second kappa shape index (κ2) is 14.5. The number of likely N-dealkylation sites (N-methyl/N-ethyl adjacent to an activating group) is 1. The first kappa shape index (κ1) is 21.4. The summed E-state index contributed by atoms with van der Waals surface area (Å²) in [6, 6.07) is 0. The van der Waals surface area contributed by atoms with E-state index in [1.165, 1.54) is 0 Å². The fraction of sp³-hybridized carbons (Fsp3) is 0.923. The molecule has 122 valence electrons. The summed E-state index contributed by atoms with van der Waals surface area (Å²) in [4.78, 5) is 9.03. The summed E-state index contributed by atoms with van der Waals surface area (Å²) in [5.41, 5.74) is 0. The maximum absolute atomic E-state index is 9.03. The molecule has 0 heterocycles. The number of ether oxygens (including phenoxy) is 4. The number of carbonyl (C=O) groups excluding carboxylic acids is 1. The molecule has 0 rings (SSSR count). The number of rotatable bonds is 10. The average Bonchev–Trinajstić information content (AvgIpc) is 2.39. The van der Waals surface area contributed by atoms with Crippen molar-refractivity contribution >= 4 is 6.16 Å². The fourth-order valence-corrected chi connectivity index (χ4v) is 1.12. The zero-order valence-corrected chi connectivity index (χ0v) is 13.3. The number of nitrogens with zero attached hydrogens (tertiary/aromatic N) is 1. The van der Waals surface area contributed by atoms with Gasteiger partial charge in [0, 0.05) is 20.8 Å². The van der Waals surface area contributed by atoms with E-state index < -0.39 is 6.16 Å². The summed E-state index contributed by atoms with van der Waals surface area (Å²) in [7, 11) is 7.11. The molecule has 0 saturated heterocycles. The lowest BCUT2D eigenvalue weighted by Gasteiger charge is -2.29. The quantitative estimate of drug-likeness (QED) is 0.314. The SMILES string of the molecule is CCOCC[N+](C)(C)CCOCCOC.COC(=O)[O-]. The van der Waals surface area contributed by atoms with Crippen molar-refractivity contribution < 1.29 is 33.3 Å². The van der Waals surface area contributed by atoms with Crippen LogP contribution in [0.3, 0.4) is 0 Å². The maximum atomic E-state index is 9.03. The van der Waals surface area contributed by atoms with Crippen LogP contribution in [0.5, 0.6) is 0 Å². The van der Waals surface area contributed by atoms with Crippen molar-refractivity contribution in [3.8, 4) is 0 Å². The third-order valence-electron chi connectivity index (χ3n) is 2.48. The minimum absolute atomic E-state index is 0.673. The Bertz CT molecular complexity index is 223. The number of methoxy groups -OCH3 is 2. The van der Waals surface area contributed by atoms with Crippen molar-refractivity contribution in [2.45, 2.75) is 6.92 Å². The number of carboxylic acid groups (broad SMARTS) is 1. The zero-order chi connectivity index (χ0) is 15.9. The lowest BCUT2D eigenvalue weighted by Crippen LogP contribution is -2.44. The summed E-state index contributed by atoms with van der Waals surface area (Å²) in [5, 5.41) is 9.03. The first-order chi connectivity index (χ1) is 9.39. The molecule has 0 aliphatic rings. The molecule has 0 aromatic rings. The molecule has 0 atom stereocenters. The van der Waals surface area contributed by atoms with E-state index in [1.54, 1.807) is 7.11 Å². The van der Waals surface area contributed by atoms with Gasteiger partial charge in [0.05, 0.1) is 40.5 Å². The van der Waals surface area contributed by atoms with Gasteiger partial charge < -0.3 is 33.3 Å². The molecule has 0 aliphatic heterocycles. The highest BCUT2D eigenvalue weighted by atomic mass is 16.6. The second-order valence-electron chi connectivity index (χ2n) is 4.64. The molecule has 0 N–H and O–H groups in total. The van der Waals surface area contributed by atoms with Crippen LogP contribution in [-0.4, -0.2) is 85.1 Å². The van der Waals surface area contributed by atoms with Crippen LogP contribution in [0.1, 0.15) is 6.92 Å². The molecule has 0 aliphatic carbocycles. The molecule has 7 heteroatoms. The Labute approximate surface area is 122 Å². The molecular formula is C13H29NO6. The molecule has 0 spiro atoms. The smallest absolute Gasteiger partial charge is 0.251 e. The predicted molar refractivity (Wildman–Crippen MR) is 73.4 cm³/mol. The number of hydrogen-bond acceptors (Lipinski definition) is 6. The van der Waals surface area contributed by atoms with Crippen LogP contribution in [-0.2, 0) is 18.9 Å². The van der Waals surface area contributed by atoms with Gasteiger partial charge in [-0.3, -0.25) is 0 Å². The normalized spacial score (nSPS) is 10.7. The molecule has 0 aromatic carbocycles. The third kappa shape index (κ3) is 19.4. The Morgan fingerprint density at radius 3 is 1.90 bits per heavy atom. The minimum Gasteiger partial charge on any atom is -0.553 e. The van der Waals surface area contributed by atoms with Gasteiger partial charge in [0.2, 0.25) is 0 Å². The van der Waals surface area contributed by atoms with E-state index in [0.717, 1.165) is 44.5 Å². The van der Waals surface area contributed by atoms with E-state index in [-0.39, 0.29) is 0 Å². The van der Waals surface area contributed by atoms with Crippen molar-refractivity contribution in [3.63, 3.8) is 0 Å². The van der Waals surface area contributed by atoms with Crippen molar-refractivity contribution in [1.82, 2.24) is 0 Å². The van der Waals surface area contributed by atoms with Gasteiger partial charge in [0.25, 0.3) is 6.16 Å². The number of carbonyl (C=O) groups is 1. The lowest BCUT2D eigenvalue weighted by atomic mass is 10.4. The summed E-state index contributed by atoms with van der Waals surface area (Å²) >= 11 is 0. The highest BCUT2D eigenvalue weighted by Crippen LogP contribution is 1.96. The molecule has 0 saturated carbocycles. The molecule has 0 aromatic heterocycles. The molecule has 0 unspecified atom stereocenters. The van der Waals surface area contributed by atoms with Crippen molar-refractivity contribution in [1.29, 1.82) is 0 Å². The molecule has 20 heavy (non-hydrogen) atoms. The topological polar surface area (TPSA) is 77.0 Å². The second-order valence-corrected chi connectivity index (χ2v) is 4.64. The van der Waals surface area contributed by atoms with E-state index >= 15 is 0 Å². The highest BCUT2D eigenvalue weighted by Gasteiger charge is 2.13. The molecule has 0 fully saturated rings. The first-order valence-electron chi connectivity index (χ1n) is 6.61.